The van der Waals surface area contributed by atoms with Crippen LogP contribution in [0.15, 0.2) is 24.3 Å². The van der Waals surface area contributed by atoms with Gasteiger partial charge in [-0.25, -0.2) is 4.79 Å². The Morgan fingerprint density at radius 2 is 2.12 bits per heavy atom. The molecule has 1 fully saturated rings. The van der Waals surface area contributed by atoms with E-state index in [9.17, 15) is 9.59 Å². The van der Waals surface area contributed by atoms with Crippen LogP contribution in [0, 0.1) is 0 Å². The van der Waals surface area contributed by atoms with Crippen molar-refractivity contribution in [1.82, 2.24) is 5.32 Å². The van der Waals surface area contributed by atoms with E-state index in [1.807, 2.05) is 0 Å². The van der Waals surface area contributed by atoms with Crippen LogP contribution in [0.3, 0.4) is 0 Å². The molecule has 1 aromatic rings. The molecular weight excluding hydrogens is 242 g/mol. The molecule has 1 amide bonds. The van der Waals surface area contributed by atoms with Crippen LogP contribution in [0.1, 0.15) is 12.0 Å². The SMILES string of the molecule is O=C(Cc1ccc(Cl)cc1)NC1CCOC1=O. The van der Waals surface area contributed by atoms with Gasteiger partial charge in [-0.2, -0.15) is 0 Å². The van der Waals surface area contributed by atoms with Crippen molar-refractivity contribution in [2.75, 3.05) is 6.61 Å². The maximum atomic E-state index is 11.6. The van der Waals surface area contributed by atoms with E-state index in [0.29, 0.717) is 18.1 Å². The van der Waals surface area contributed by atoms with Gasteiger partial charge >= 0.3 is 5.97 Å². The van der Waals surface area contributed by atoms with Crippen molar-refractivity contribution in [3.8, 4) is 0 Å². The molecule has 1 heterocycles. The average Bonchev–Trinajstić information content (AvgIpc) is 2.68. The lowest BCUT2D eigenvalue weighted by molar-refractivity contribution is -0.141. The average molecular weight is 254 g/mol. The van der Waals surface area contributed by atoms with E-state index in [2.05, 4.69) is 5.32 Å². The Kier molecular flexibility index (Phi) is 3.64. The number of nitrogens with one attached hydrogen (secondary N) is 1. The second-order valence-corrected chi connectivity index (χ2v) is 4.32. The van der Waals surface area contributed by atoms with Gasteiger partial charge in [-0.1, -0.05) is 23.7 Å². The molecule has 0 aromatic heterocycles. The van der Waals surface area contributed by atoms with Gasteiger partial charge in [0.15, 0.2) is 0 Å². The zero-order valence-electron chi connectivity index (χ0n) is 9.11. The van der Waals surface area contributed by atoms with Gasteiger partial charge in [0.25, 0.3) is 0 Å². The van der Waals surface area contributed by atoms with Gasteiger partial charge in [0.1, 0.15) is 6.04 Å². The number of carbonyl (C=O) groups is 2. The summed E-state index contributed by atoms with van der Waals surface area (Å²) in [5.74, 6) is -0.536. The number of rotatable bonds is 3. The van der Waals surface area contributed by atoms with Crippen molar-refractivity contribution in [1.29, 1.82) is 0 Å². The number of esters is 1. The Hall–Kier alpha value is -1.55. The minimum Gasteiger partial charge on any atom is -0.464 e. The summed E-state index contributed by atoms with van der Waals surface area (Å²) < 4.78 is 4.76. The highest BCUT2D eigenvalue weighted by Gasteiger charge is 2.27. The fourth-order valence-electron chi connectivity index (χ4n) is 1.66. The molecule has 5 heteroatoms. The molecule has 0 radical (unpaired) electrons. The Balaban J connectivity index is 1.88. The molecule has 0 spiro atoms. The lowest BCUT2D eigenvalue weighted by Gasteiger charge is -2.08. The molecule has 2 rings (SSSR count). The first-order chi connectivity index (χ1) is 8.15. The first kappa shape index (κ1) is 11.9. The van der Waals surface area contributed by atoms with E-state index in [0.717, 1.165) is 5.56 Å². The second-order valence-electron chi connectivity index (χ2n) is 3.88. The number of carbonyl (C=O) groups excluding carboxylic acids is 2. The van der Waals surface area contributed by atoms with Crippen molar-refractivity contribution in [2.24, 2.45) is 0 Å². The predicted molar refractivity (Wildman–Crippen MR) is 62.7 cm³/mol. The number of hydrogen-bond donors (Lipinski definition) is 1. The summed E-state index contributed by atoms with van der Waals surface area (Å²) in [5.41, 5.74) is 0.860. The van der Waals surface area contributed by atoms with Gasteiger partial charge in [0.2, 0.25) is 5.91 Å². The number of benzene rings is 1. The van der Waals surface area contributed by atoms with Crippen molar-refractivity contribution < 1.29 is 14.3 Å². The largest absolute Gasteiger partial charge is 0.464 e. The summed E-state index contributed by atoms with van der Waals surface area (Å²) >= 11 is 5.74. The summed E-state index contributed by atoms with van der Waals surface area (Å²) in [5, 5.41) is 3.28. The molecule has 1 aliphatic rings. The summed E-state index contributed by atoms with van der Waals surface area (Å²) in [6.07, 6.45) is 0.784. The molecule has 1 aliphatic heterocycles. The molecule has 0 aliphatic carbocycles. The number of hydrogen-bond acceptors (Lipinski definition) is 3. The van der Waals surface area contributed by atoms with Crippen LogP contribution >= 0.6 is 11.6 Å². The van der Waals surface area contributed by atoms with Crippen LogP contribution in [-0.4, -0.2) is 24.5 Å². The topological polar surface area (TPSA) is 55.4 Å². The van der Waals surface area contributed by atoms with Gasteiger partial charge in [-0.05, 0) is 17.7 Å². The zero-order chi connectivity index (χ0) is 12.3. The third kappa shape index (κ3) is 3.20. The Morgan fingerprint density at radius 3 is 2.71 bits per heavy atom. The minimum absolute atomic E-state index is 0.184. The van der Waals surface area contributed by atoms with E-state index < -0.39 is 6.04 Å². The Labute approximate surface area is 104 Å². The summed E-state index contributed by atoms with van der Waals surface area (Å²) in [6.45, 7) is 0.380. The molecule has 0 saturated carbocycles. The van der Waals surface area contributed by atoms with Crippen molar-refractivity contribution >= 4 is 23.5 Å². The van der Waals surface area contributed by atoms with E-state index in [1.165, 1.54) is 0 Å². The van der Waals surface area contributed by atoms with E-state index >= 15 is 0 Å². The lowest BCUT2D eigenvalue weighted by Crippen LogP contribution is -2.38. The van der Waals surface area contributed by atoms with E-state index in [1.54, 1.807) is 24.3 Å². The minimum atomic E-state index is -0.491. The number of cyclic esters (lactones) is 1. The maximum Gasteiger partial charge on any atom is 0.328 e. The summed E-state index contributed by atoms with van der Waals surface area (Å²) in [6, 6.07) is 6.54. The summed E-state index contributed by atoms with van der Waals surface area (Å²) in [7, 11) is 0. The molecule has 1 N–H and O–H groups in total. The molecule has 0 bridgehead atoms. The molecule has 90 valence electrons. The maximum absolute atomic E-state index is 11.6. The highest BCUT2D eigenvalue weighted by Crippen LogP contribution is 2.10. The summed E-state index contributed by atoms with van der Waals surface area (Å²) in [4.78, 5) is 22.8. The van der Waals surface area contributed by atoms with Gasteiger partial charge < -0.3 is 10.1 Å². The predicted octanol–water partition coefficient (Wildman–Crippen LogP) is 1.31. The molecule has 1 atom stereocenters. The monoisotopic (exact) mass is 253 g/mol. The van der Waals surface area contributed by atoms with Gasteiger partial charge in [-0.3, -0.25) is 4.79 Å². The third-order valence-electron chi connectivity index (χ3n) is 2.55. The van der Waals surface area contributed by atoms with Crippen molar-refractivity contribution in [3.63, 3.8) is 0 Å². The fourth-order valence-corrected chi connectivity index (χ4v) is 1.79. The van der Waals surface area contributed by atoms with Gasteiger partial charge in [0, 0.05) is 11.4 Å². The Bertz CT molecular complexity index is 430. The fraction of sp³-hybridized carbons (Fsp3) is 0.333. The molecule has 17 heavy (non-hydrogen) atoms. The van der Waals surface area contributed by atoms with E-state index in [-0.39, 0.29) is 18.3 Å². The molecule has 1 unspecified atom stereocenters. The number of halogens is 1. The van der Waals surface area contributed by atoms with Crippen LogP contribution in [0.4, 0.5) is 0 Å². The van der Waals surface area contributed by atoms with Crippen LogP contribution in [-0.2, 0) is 20.7 Å². The van der Waals surface area contributed by atoms with Crippen LogP contribution < -0.4 is 5.32 Å². The standard InChI is InChI=1S/C12H12ClNO3/c13-9-3-1-8(2-4-9)7-11(15)14-10-5-6-17-12(10)16/h1-4,10H,5-7H2,(H,14,15). The van der Waals surface area contributed by atoms with Crippen LogP contribution in [0.2, 0.25) is 5.02 Å². The smallest absolute Gasteiger partial charge is 0.328 e. The zero-order valence-corrected chi connectivity index (χ0v) is 9.87. The molecular formula is C12H12ClNO3. The quantitative estimate of drug-likeness (QED) is 0.827. The first-order valence-electron chi connectivity index (χ1n) is 5.35. The number of amides is 1. The van der Waals surface area contributed by atoms with Crippen LogP contribution in [0.5, 0.6) is 0 Å². The molecule has 1 saturated heterocycles. The Morgan fingerprint density at radius 1 is 1.41 bits per heavy atom. The van der Waals surface area contributed by atoms with E-state index in [4.69, 9.17) is 16.3 Å². The molecule has 4 nitrogen and oxygen atoms in total. The van der Waals surface area contributed by atoms with Gasteiger partial charge in [-0.15, -0.1) is 0 Å². The van der Waals surface area contributed by atoms with Crippen LogP contribution in [0.25, 0.3) is 0 Å². The normalized spacial score (nSPS) is 18.9. The van der Waals surface area contributed by atoms with Crippen molar-refractivity contribution in [3.05, 3.63) is 34.9 Å². The van der Waals surface area contributed by atoms with Gasteiger partial charge in [0.05, 0.1) is 13.0 Å². The highest BCUT2D eigenvalue weighted by molar-refractivity contribution is 6.30. The highest BCUT2D eigenvalue weighted by atomic mass is 35.5. The van der Waals surface area contributed by atoms with Crippen molar-refractivity contribution in [2.45, 2.75) is 18.9 Å². The third-order valence-corrected chi connectivity index (χ3v) is 2.80. The molecule has 1 aromatic carbocycles. The second kappa shape index (κ2) is 5.19. The number of ether oxygens (including phenoxy) is 1. The lowest BCUT2D eigenvalue weighted by atomic mass is 10.1. The first-order valence-corrected chi connectivity index (χ1v) is 5.73.